The van der Waals surface area contributed by atoms with Gasteiger partial charge in [0.15, 0.2) is 0 Å². The van der Waals surface area contributed by atoms with Crippen LogP contribution in [-0.2, 0) is 12.0 Å². The zero-order chi connectivity index (χ0) is 19.9. The fraction of sp³-hybridized carbons (Fsp3) is 0.429. The molecular formula is C21H25N5O2. The second-order valence-corrected chi connectivity index (χ2v) is 8.36. The number of nitrogens with zero attached hydrogens (tertiary/aromatic N) is 5. The van der Waals surface area contributed by atoms with Gasteiger partial charge in [0.2, 0.25) is 0 Å². The van der Waals surface area contributed by atoms with Crippen molar-refractivity contribution in [2.24, 2.45) is 0 Å². The number of fused-ring (bicyclic) bond motifs is 1. The van der Waals surface area contributed by atoms with E-state index in [1.54, 1.807) is 29.1 Å². The summed E-state index contributed by atoms with van der Waals surface area (Å²) in [7, 11) is 0. The lowest BCUT2D eigenvalue weighted by atomic mass is 9.92. The molecule has 1 saturated heterocycles. The molecule has 1 fully saturated rings. The van der Waals surface area contributed by atoms with Gasteiger partial charge in [-0.1, -0.05) is 26.8 Å². The van der Waals surface area contributed by atoms with Crippen molar-refractivity contribution in [2.75, 3.05) is 11.4 Å². The van der Waals surface area contributed by atoms with Crippen molar-refractivity contribution < 1.29 is 0 Å². The molecule has 4 heterocycles. The summed E-state index contributed by atoms with van der Waals surface area (Å²) >= 11 is 0. The lowest BCUT2D eigenvalue weighted by molar-refractivity contribution is 0.456. The van der Waals surface area contributed by atoms with Gasteiger partial charge in [-0.3, -0.25) is 14.0 Å². The van der Waals surface area contributed by atoms with Crippen LogP contribution in [0.4, 0.5) is 5.82 Å². The van der Waals surface area contributed by atoms with Crippen LogP contribution in [0.15, 0.2) is 52.2 Å². The highest BCUT2D eigenvalue weighted by Crippen LogP contribution is 2.24. The zero-order valence-corrected chi connectivity index (χ0v) is 16.5. The summed E-state index contributed by atoms with van der Waals surface area (Å²) in [6.45, 7) is 7.54. The molecule has 7 nitrogen and oxygen atoms in total. The lowest BCUT2D eigenvalue weighted by Gasteiger charge is -2.26. The number of hydrogen-bond acceptors (Lipinski definition) is 5. The second kappa shape index (κ2) is 6.89. The van der Waals surface area contributed by atoms with Crippen LogP contribution < -0.4 is 16.0 Å². The van der Waals surface area contributed by atoms with E-state index in [-0.39, 0.29) is 22.6 Å². The van der Waals surface area contributed by atoms with Crippen LogP contribution >= 0.6 is 0 Å². The Kier molecular flexibility index (Phi) is 4.53. The van der Waals surface area contributed by atoms with Gasteiger partial charge in [0.1, 0.15) is 11.5 Å². The van der Waals surface area contributed by atoms with Crippen molar-refractivity contribution in [1.29, 1.82) is 0 Å². The van der Waals surface area contributed by atoms with Gasteiger partial charge in [0, 0.05) is 30.3 Å². The van der Waals surface area contributed by atoms with Crippen LogP contribution in [0.3, 0.4) is 0 Å². The molecule has 3 aromatic heterocycles. The molecule has 3 aromatic rings. The first-order valence-corrected chi connectivity index (χ1v) is 9.67. The Morgan fingerprint density at radius 2 is 1.93 bits per heavy atom. The molecule has 1 aliphatic heterocycles. The zero-order valence-electron chi connectivity index (χ0n) is 16.5. The van der Waals surface area contributed by atoms with Crippen LogP contribution in [0.5, 0.6) is 0 Å². The van der Waals surface area contributed by atoms with Gasteiger partial charge < -0.3 is 4.90 Å². The van der Waals surface area contributed by atoms with E-state index in [4.69, 9.17) is 0 Å². The minimum atomic E-state index is -0.126. The third-order valence-electron chi connectivity index (χ3n) is 5.25. The highest BCUT2D eigenvalue weighted by Gasteiger charge is 2.28. The van der Waals surface area contributed by atoms with Gasteiger partial charge in [-0.15, -0.1) is 0 Å². The molecule has 0 bridgehead atoms. The SMILES string of the molecule is CC(C)(C)c1ccc(=O)n(CC2CCCN2c2cc(=O)n3ccccc3n2)n1. The molecule has 0 amide bonds. The molecule has 4 rings (SSSR count). The van der Waals surface area contributed by atoms with Gasteiger partial charge in [-0.2, -0.15) is 5.10 Å². The van der Waals surface area contributed by atoms with Crippen LogP contribution in [0, 0.1) is 0 Å². The first-order valence-electron chi connectivity index (χ1n) is 9.67. The molecule has 146 valence electrons. The Morgan fingerprint density at radius 1 is 1.11 bits per heavy atom. The summed E-state index contributed by atoms with van der Waals surface area (Å²) in [6.07, 6.45) is 3.65. The van der Waals surface area contributed by atoms with E-state index < -0.39 is 0 Å². The number of rotatable bonds is 3. The van der Waals surface area contributed by atoms with E-state index >= 15 is 0 Å². The van der Waals surface area contributed by atoms with Crippen molar-refractivity contribution in [2.45, 2.75) is 51.6 Å². The van der Waals surface area contributed by atoms with Crippen LogP contribution in [-0.4, -0.2) is 31.8 Å². The molecule has 1 unspecified atom stereocenters. The molecule has 1 atom stereocenters. The molecule has 28 heavy (non-hydrogen) atoms. The summed E-state index contributed by atoms with van der Waals surface area (Å²) in [4.78, 5) is 31.6. The fourth-order valence-electron chi connectivity index (χ4n) is 3.69. The highest BCUT2D eigenvalue weighted by atomic mass is 16.1. The summed E-state index contributed by atoms with van der Waals surface area (Å²) in [5.41, 5.74) is 1.18. The van der Waals surface area contributed by atoms with Gasteiger partial charge in [-0.25, -0.2) is 9.67 Å². The van der Waals surface area contributed by atoms with Crippen molar-refractivity contribution in [1.82, 2.24) is 19.2 Å². The number of aromatic nitrogens is 4. The maximum atomic E-state index is 12.5. The quantitative estimate of drug-likeness (QED) is 0.698. The molecule has 0 spiro atoms. The van der Waals surface area contributed by atoms with Crippen molar-refractivity contribution in [3.8, 4) is 0 Å². The maximum Gasteiger partial charge on any atom is 0.266 e. The summed E-state index contributed by atoms with van der Waals surface area (Å²) < 4.78 is 3.09. The van der Waals surface area contributed by atoms with Gasteiger partial charge >= 0.3 is 0 Å². The Balaban J connectivity index is 1.67. The van der Waals surface area contributed by atoms with Crippen LogP contribution in [0.2, 0.25) is 0 Å². The Labute approximate surface area is 163 Å². The number of anilines is 1. The minimum Gasteiger partial charge on any atom is -0.352 e. The average Bonchev–Trinajstić information content (AvgIpc) is 3.11. The predicted octanol–water partition coefficient (Wildman–Crippen LogP) is 2.22. The van der Waals surface area contributed by atoms with E-state index in [2.05, 4.69) is 35.8 Å². The van der Waals surface area contributed by atoms with Crippen molar-refractivity contribution in [3.05, 3.63) is 69.0 Å². The molecule has 0 aliphatic carbocycles. The van der Waals surface area contributed by atoms with E-state index in [9.17, 15) is 9.59 Å². The van der Waals surface area contributed by atoms with Gasteiger partial charge in [0.25, 0.3) is 11.1 Å². The maximum absolute atomic E-state index is 12.5. The summed E-state index contributed by atoms with van der Waals surface area (Å²) in [5.74, 6) is 0.665. The third-order valence-corrected chi connectivity index (χ3v) is 5.25. The first kappa shape index (κ1) is 18.4. The molecule has 1 aliphatic rings. The molecule has 0 saturated carbocycles. The van der Waals surface area contributed by atoms with E-state index in [0.29, 0.717) is 18.0 Å². The van der Waals surface area contributed by atoms with Crippen molar-refractivity contribution >= 4 is 11.5 Å². The predicted molar refractivity (Wildman–Crippen MR) is 109 cm³/mol. The number of hydrogen-bond donors (Lipinski definition) is 0. The standard InChI is InChI=1S/C21H25N5O2/c1-21(2,3)16-9-10-19(27)26(23-16)14-15-7-6-12-24(15)18-13-20(28)25-11-5-4-8-17(25)22-18/h4-5,8-11,13,15H,6-7,12,14H2,1-3H3. The van der Waals surface area contributed by atoms with E-state index in [1.165, 1.54) is 4.40 Å². The minimum absolute atomic E-state index is 0.0819. The summed E-state index contributed by atoms with van der Waals surface area (Å²) in [5, 5.41) is 4.59. The van der Waals surface area contributed by atoms with Crippen LogP contribution in [0.25, 0.3) is 5.65 Å². The molecule has 0 aromatic carbocycles. The summed E-state index contributed by atoms with van der Waals surface area (Å²) in [6, 6.07) is 10.6. The molecule has 0 N–H and O–H groups in total. The largest absolute Gasteiger partial charge is 0.352 e. The van der Waals surface area contributed by atoms with E-state index in [0.717, 1.165) is 25.1 Å². The smallest absolute Gasteiger partial charge is 0.266 e. The third kappa shape index (κ3) is 3.44. The lowest BCUT2D eigenvalue weighted by Crippen LogP contribution is -2.38. The topological polar surface area (TPSA) is 72.5 Å². The van der Waals surface area contributed by atoms with Gasteiger partial charge in [0.05, 0.1) is 18.3 Å². The van der Waals surface area contributed by atoms with E-state index in [1.807, 2.05) is 18.2 Å². The second-order valence-electron chi connectivity index (χ2n) is 8.36. The van der Waals surface area contributed by atoms with Gasteiger partial charge in [-0.05, 0) is 31.0 Å². The van der Waals surface area contributed by atoms with Crippen molar-refractivity contribution in [3.63, 3.8) is 0 Å². The normalized spacial score (nSPS) is 17.4. The highest BCUT2D eigenvalue weighted by molar-refractivity contribution is 5.49. The monoisotopic (exact) mass is 379 g/mol. The average molecular weight is 379 g/mol. The first-order chi connectivity index (χ1) is 13.3. The van der Waals surface area contributed by atoms with Crippen LogP contribution in [0.1, 0.15) is 39.3 Å². The molecular weight excluding hydrogens is 354 g/mol. The Morgan fingerprint density at radius 3 is 2.71 bits per heavy atom. The fourth-order valence-corrected chi connectivity index (χ4v) is 3.69. The Hall–Kier alpha value is -2.96. The Bertz CT molecular complexity index is 1130. The number of pyridine rings is 1. The molecule has 7 heteroatoms. The molecule has 0 radical (unpaired) electrons.